The predicted octanol–water partition coefficient (Wildman–Crippen LogP) is 2.69. The Morgan fingerprint density at radius 2 is 2.29 bits per heavy atom. The molecule has 0 fully saturated rings. The number of carbonyl (C=O) groups is 1. The molecule has 0 aliphatic carbocycles. The van der Waals surface area contributed by atoms with Crippen LogP contribution in [0.15, 0.2) is 30.5 Å². The molecule has 0 unspecified atom stereocenters. The van der Waals surface area contributed by atoms with Gasteiger partial charge in [-0.05, 0) is 24.6 Å². The van der Waals surface area contributed by atoms with Gasteiger partial charge in [-0.1, -0.05) is 23.7 Å². The van der Waals surface area contributed by atoms with Crippen molar-refractivity contribution in [2.24, 2.45) is 7.05 Å². The zero-order valence-electron chi connectivity index (χ0n) is 12.0. The van der Waals surface area contributed by atoms with Crippen LogP contribution in [0.25, 0.3) is 0 Å². The van der Waals surface area contributed by atoms with Crippen molar-refractivity contribution in [1.29, 1.82) is 0 Å². The largest absolute Gasteiger partial charge is 0.481 e. The van der Waals surface area contributed by atoms with E-state index in [2.05, 4.69) is 10.3 Å². The molecule has 0 aliphatic rings. The maximum atomic E-state index is 11.1. The first-order valence-corrected chi connectivity index (χ1v) is 7.03. The van der Waals surface area contributed by atoms with E-state index in [0.29, 0.717) is 11.6 Å². The lowest BCUT2D eigenvalue weighted by Crippen LogP contribution is -2.25. The molecule has 0 radical (unpaired) electrons. The molecular weight excluding hydrogens is 290 g/mol. The molecule has 0 aliphatic heterocycles. The summed E-state index contributed by atoms with van der Waals surface area (Å²) in [6.07, 6.45) is 1.92. The van der Waals surface area contributed by atoms with E-state index in [1.807, 2.05) is 36.9 Å². The number of carboxylic acid groups (broad SMARTS) is 1. The molecule has 0 spiro atoms. The van der Waals surface area contributed by atoms with E-state index in [9.17, 15) is 4.79 Å². The second-order valence-corrected chi connectivity index (χ2v) is 5.43. The van der Waals surface area contributed by atoms with Gasteiger partial charge >= 0.3 is 5.97 Å². The third-order valence-corrected chi connectivity index (χ3v) is 3.46. The molecule has 2 aromatic rings. The van der Waals surface area contributed by atoms with Crippen LogP contribution in [0.2, 0.25) is 5.02 Å². The highest BCUT2D eigenvalue weighted by atomic mass is 35.5. The van der Waals surface area contributed by atoms with Crippen LogP contribution in [0.1, 0.15) is 29.5 Å². The number of hydrogen-bond acceptors (Lipinski definition) is 3. The van der Waals surface area contributed by atoms with Crippen molar-refractivity contribution in [3.63, 3.8) is 0 Å². The van der Waals surface area contributed by atoms with Crippen molar-refractivity contribution >= 4 is 17.6 Å². The molecule has 2 rings (SSSR count). The number of carboxylic acids is 1. The van der Waals surface area contributed by atoms with Crippen molar-refractivity contribution in [2.45, 2.75) is 25.9 Å². The van der Waals surface area contributed by atoms with E-state index in [0.717, 1.165) is 17.1 Å². The lowest BCUT2D eigenvalue weighted by atomic mass is 10.0. The van der Waals surface area contributed by atoms with E-state index in [4.69, 9.17) is 16.7 Å². The Kier molecular flexibility index (Phi) is 4.98. The SMILES string of the molecule is Cc1cn(C)c(CN[C@H](CC(=O)O)c2cccc(Cl)c2)n1. The van der Waals surface area contributed by atoms with Gasteiger partial charge in [-0.15, -0.1) is 0 Å². The fourth-order valence-electron chi connectivity index (χ4n) is 2.25. The van der Waals surface area contributed by atoms with Crippen LogP contribution in [0.5, 0.6) is 0 Å². The first-order valence-electron chi connectivity index (χ1n) is 6.65. The summed E-state index contributed by atoms with van der Waals surface area (Å²) in [5.41, 5.74) is 1.79. The number of nitrogens with zero attached hydrogens (tertiary/aromatic N) is 2. The minimum atomic E-state index is -0.858. The second kappa shape index (κ2) is 6.74. The Morgan fingerprint density at radius 1 is 1.52 bits per heavy atom. The second-order valence-electron chi connectivity index (χ2n) is 5.00. The van der Waals surface area contributed by atoms with Gasteiger partial charge in [0.15, 0.2) is 0 Å². The normalized spacial score (nSPS) is 12.3. The number of nitrogens with one attached hydrogen (secondary N) is 1. The molecule has 6 heteroatoms. The van der Waals surface area contributed by atoms with E-state index >= 15 is 0 Å². The quantitative estimate of drug-likeness (QED) is 0.861. The van der Waals surface area contributed by atoms with Crippen LogP contribution in [-0.4, -0.2) is 20.6 Å². The molecule has 1 aromatic carbocycles. The van der Waals surface area contributed by atoms with E-state index in [1.165, 1.54) is 0 Å². The van der Waals surface area contributed by atoms with Crippen LogP contribution in [-0.2, 0) is 18.4 Å². The fourth-order valence-corrected chi connectivity index (χ4v) is 2.45. The van der Waals surface area contributed by atoms with Gasteiger partial charge in [0.2, 0.25) is 0 Å². The van der Waals surface area contributed by atoms with Gasteiger partial charge in [0.1, 0.15) is 5.82 Å². The summed E-state index contributed by atoms with van der Waals surface area (Å²) < 4.78 is 1.93. The number of halogens is 1. The molecular formula is C15H18ClN3O2. The molecule has 0 saturated heterocycles. The summed E-state index contributed by atoms with van der Waals surface area (Å²) in [5, 5.41) is 12.9. The Bertz CT molecular complexity index is 640. The Morgan fingerprint density at radius 3 is 2.86 bits per heavy atom. The van der Waals surface area contributed by atoms with Crippen LogP contribution < -0.4 is 5.32 Å². The Labute approximate surface area is 128 Å². The van der Waals surface area contributed by atoms with Crippen molar-refractivity contribution < 1.29 is 9.90 Å². The third-order valence-electron chi connectivity index (χ3n) is 3.23. The molecule has 112 valence electrons. The number of imidazole rings is 1. The lowest BCUT2D eigenvalue weighted by Gasteiger charge is -2.17. The molecule has 0 saturated carbocycles. The molecule has 0 amide bonds. The summed E-state index contributed by atoms with van der Waals surface area (Å²) in [6, 6.07) is 6.93. The third kappa shape index (κ3) is 4.31. The molecule has 1 aromatic heterocycles. The number of rotatable bonds is 6. The van der Waals surface area contributed by atoms with Crippen molar-refractivity contribution in [1.82, 2.24) is 14.9 Å². The zero-order valence-corrected chi connectivity index (χ0v) is 12.8. The minimum absolute atomic E-state index is 0.0102. The first kappa shape index (κ1) is 15.5. The number of aliphatic carboxylic acids is 1. The van der Waals surface area contributed by atoms with E-state index in [1.54, 1.807) is 12.1 Å². The summed E-state index contributed by atoms with van der Waals surface area (Å²) in [6.45, 7) is 2.42. The van der Waals surface area contributed by atoms with Gasteiger partial charge in [0, 0.05) is 24.3 Å². The molecule has 21 heavy (non-hydrogen) atoms. The van der Waals surface area contributed by atoms with Crippen LogP contribution in [0.3, 0.4) is 0 Å². The fraction of sp³-hybridized carbons (Fsp3) is 0.333. The van der Waals surface area contributed by atoms with Gasteiger partial charge in [-0.25, -0.2) is 4.98 Å². The Hall–Kier alpha value is -1.85. The average Bonchev–Trinajstić information content (AvgIpc) is 2.72. The van der Waals surface area contributed by atoms with Crippen LogP contribution >= 0.6 is 11.6 Å². The van der Waals surface area contributed by atoms with Crippen LogP contribution in [0.4, 0.5) is 0 Å². The highest BCUT2D eigenvalue weighted by Crippen LogP contribution is 2.21. The predicted molar refractivity (Wildman–Crippen MR) is 81.2 cm³/mol. The molecule has 5 nitrogen and oxygen atoms in total. The molecule has 0 bridgehead atoms. The van der Waals surface area contributed by atoms with Crippen LogP contribution in [0, 0.1) is 6.92 Å². The summed E-state index contributed by atoms with van der Waals surface area (Å²) in [7, 11) is 1.92. The summed E-state index contributed by atoms with van der Waals surface area (Å²) >= 11 is 5.98. The zero-order chi connectivity index (χ0) is 15.4. The van der Waals surface area contributed by atoms with Crippen molar-refractivity contribution in [3.8, 4) is 0 Å². The standard InChI is InChI=1S/C15H18ClN3O2/c1-10-9-19(2)14(18-10)8-17-13(7-15(20)21)11-4-3-5-12(16)6-11/h3-6,9,13,17H,7-8H2,1-2H3,(H,20,21)/t13-/m1/s1. The minimum Gasteiger partial charge on any atom is -0.481 e. The van der Waals surface area contributed by atoms with Gasteiger partial charge in [-0.3, -0.25) is 4.79 Å². The van der Waals surface area contributed by atoms with E-state index in [-0.39, 0.29) is 12.5 Å². The highest BCUT2D eigenvalue weighted by molar-refractivity contribution is 6.30. The van der Waals surface area contributed by atoms with Gasteiger partial charge in [-0.2, -0.15) is 0 Å². The summed E-state index contributed by atoms with van der Waals surface area (Å²) in [5.74, 6) is 0.00779. The monoisotopic (exact) mass is 307 g/mol. The first-order chi connectivity index (χ1) is 9.95. The number of aromatic nitrogens is 2. The van der Waals surface area contributed by atoms with Gasteiger partial charge < -0.3 is 15.0 Å². The van der Waals surface area contributed by atoms with Gasteiger partial charge in [0.05, 0.1) is 18.7 Å². The molecule has 1 heterocycles. The number of hydrogen-bond donors (Lipinski definition) is 2. The molecule has 1 atom stereocenters. The van der Waals surface area contributed by atoms with Crippen molar-refractivity contribution in [3.05, 3.63) is 52.6 Å². The average molecular weight is 308 g/mol. The maximum Gasteiger partial charge on any atom is 0.305 e. The summed E-state index contributed by atoms with van der Waals surface area (Å²) in [4.78, 5) is 15.5. The van der Waals surface area contributed by atoms with Gasteiger partial charge in [0.25, 0.3) is 0 Å². The molecule has 2 N–H and O–H groups in total. The number of benzene rings is 1. The Balaban J connectivity index is 2.13. The van der Waals surface area contributed by atoms with Crippen molar-refractivity contribution in [2.75, 3.05) is 0 Å². The maximum absolute atomic E-state index is 11.1. The number of aryl methyl sites for hydroxylation is 2. The topological polar surface area (TPSA) is 67.2 Å². The smallest absolute Gasteiger partial charge is 0.305 e. The lowest BCUT2D eigenvalue weighted by molar-refractivity contribution is -0.137. The highest BCUT2D eigenvalue weighted by Gasteiger charge is 2.16. The van der Waals surface area contributed by atoms with E-state index < -0.39 is 5.97 Å².